The van der Waals surface area contributed by atoms with Crippen molar-refractivity contribution in [3.63, 3.8) is 0 Å². The van der Waals surface area contributed by atoms with Crippen molar-refractivity contribution in [3.05, 3.63) is 89.4 Å². The normalized spacial score (nSPS) is 10.4. The number of hydrogen-bond acceptors (Lipinski definition) is 5. The van der Waals surface area contributed by atoms with E-state index in [-0.39, 0.29) is 12.5 Å². The highest BCUT2D eigenvalue weighted by molar-refractivity contribution is 6.41. The molecule has 32 heavy (non-hydrogen) atoms. The maximum absolute atomic E-state index is 12.0. The molecule has 0 aromatic heterocycles. The molecule has 0 aliphatic carbocycles. The first-order valence-corrected chi connectivity index (χ1v) is 9.86. The van der Waals surface area contributed by atoms with Crippen LogP contribution in [-0.4, -0.2) is 30.5 Å². The van der Waals surface area contributed by atoms with Gasteiger partial charge in [-0.05, 0) is 42.0 Å². The molecule has 3 rings (SSSR count). The van der Waals surface area contributed by atoms with Crippen LogP contribution in [0.1, 0.15) is 5.56 Å². The van der Waals surface area contributed by atoms with E-state index in [1.165, 1.54) is 6.21 Å². The van der Waals surface area contributed by atoms with E-state index in [2.05, 4.69) is 21.2 Å². The minimum absolute atomic E-state index is 0.172. The van der Waals surface area contributed by atoms with Gasteiger partial charge < -0.3 is 15.4 Å². The monoisotopic (exact) mass is 450 g/mol. The van der Waals surface area contributed by atoms with E-state index in [0.717, 1.165) is 0 Å². The smallest absolute Gasteiger partial charge is 0.329 e. The molecule has 3 aromatic carbocycles. The number of amides is 3. The summed E-state index contributed by atoms with van der Waals surface area (Å²) in [5.41, 5.74) is 3.73. The number of halogens is 1. The number of hydrogen-bond donors (Lipinski definition) is 3. The molecule has 0 atom stereocenters. The Balaban J connectivity index is 1.48. The molecule has 3 N–H and O–H groups in total. The highest BCUT2D eigenvalue weighted by Crippen LogP contribution is 2.20. The number of carbonyl (C=O) groups excluding carboxylic acids is 3. The molecule has 0 aliphatic rings. The summed E-state index contributed by atoms with van der Waals surface area (Å²) in [6.07, 6.45) is 1.34. The van der Waals surface area contributed by atoms with Gasteiger partial charge in [-0.2, -0.15) is 5.10 Å². The summed E-state index contributed by atoms with van der Waals surface area (Å²) < 4.78 is 5.49. The Bertz CT molecular complexity index is 1140. The zero-order valence-electron chi connectivity index (χ0n) is 16.7. The Morgan fingerprint density at radius 2 is 1.62 bits per heavy atom. The second kappa shape index (κ2) is 11.3. The molecule has 0 radical (unpaired) electrons. The van der Waals surface area contributed by atoms with Gasteiger partial charge in [0.15, 0.2) is 6.61 Å². The largest absolute Gasteiger partial charge is 0.484 e. The number of nitrogens with one attached hydrogen (secondary N) is 3. The molecule has 0 spiro atoms. The number of ether oxygens (including phenoxy) is 1. The predicted octanol–water partition coefficient (Wildman–Crippen LogP) is 3.45. The Labute approximate surface area is 189 Å². The maximum atomic E-state index is 12.0. The molecule has 8 nitrogen and oxygen atoms in total. The van der Waals surface area contributed by atoms with Crippen LogP contribution in [0, 0.1) is 0 Å². The standard InChI is InChI=1S/C23H19ClN4O4/c24-19-11-4-5-12-20(19)27-22(30)23(31)28-25-14-16-7-6-10-18(13-16)32-15-21(29)26-17-8-2-1-3-9-17/h1-14H,15H2,(H,26,29)(H,27,30)(H,28,31). The molecular weight excluding hydrogens is 432 g/mol. The first-order chi connectivity index (χ1) is 15.5. The first kappa shape index (κ1) is 22.5. The second-order valence-electron chi connectivity index (χ2n) is 6.41. The van der Waals surface area contributed by atoms with Gasteiger partial charge in [0.25, 0.3) is 5.91 Å². The quantitative estimate of drug-likeness (QED) is 0.291. The Morgan fingerprint density at radius 3 is 2.41 bits per heavy atom. The van der Waals surface area contributed by atoms with Crippen LogP contribution in [0.25, 0.3) is 0 Å². The van der Waals surface area contributed by atoms with Crippen LogP contribution in [-0.2, 0) is 14.4 Å². The fraction of sp³-hybridized carbons (Fsp3) is 0.0435. The summed E-state index contributed by atoms with van der Waals surface area (Å²) in [5, 5.41) is 9.20. The third kappa shape index (κ3) is 6.96. The number of carbonyl (C=O) groups is 3. The molecule has 3 aromatic rings. The molecule has 0 saturated heterocycles. The van der Waals surface area contributed by atoms with E-state index < -0.39 is 11.8 Å². The summed E-state index contributed by atoms with van der Waals surface area (Å²) in [4.78, 5) is 35.8. The zero-order chi connectivity index (χ0) is 22.8. The lowest BCUT2D eigenvalue weighted by Gasteiger charge is -2.08. The van der Waals surface area contributed by atoms with E-state index in [1.54, 1.807) is 60.7 Å². The van der Waals surface area contributed by atoms with Crippen molar-refractivity contribution in [3.8, 4) is 5.75 Å². The number of nitrogens with zero attached hydrogens (tertiary/aromatic N) is 1. The first-order valence-electron chi connectivity index (χ1n) is 9.48. The van der Waals surface area contributed by atoms with Crippen LogP contribution in [0.15, 0.2) is 84.0 Å². The van der Waals surface area contributed by atoms with Crippen molar-refractivity contribution in [2.75, 3.05) is 17.2 Å². The Morgan fingerprint density at radius 1 is 0.875 bits per heavy atom. The fourth-order valence-corrected chi connectivity index (χ4v) is 2.69. The molecule has 0 fully saturated rings. The second-order valence-corrected chi connectivity index (χ2v) is 6.82. The van der Waals surface area contributed by atoms with Gasteiger partial charge in [-0.15, -0.1) is 0 Å². The highest BCUT2D eigenvalue weighted by Gasteiger charge is 2.14. The molecule has 0 aliphatic heterocycles. The van der Waals surface area contributed by atoms with E-state index in [9.17, 15) is 14.4 Å². The lowest BCUT2D eigenvalue weighted by Crippen LogP contribution is -2.32. The molecular formula is C23H19ClN4O4. The highest BCUT2D eigenvalue weighted by atomic mass is 35.5. The number of benzene rings is 3. The average Bonchev–Trinajstić information content (AvgIpc) is 2.80. The van der Waals surface area contributed by atoms with Crippen LogP contribution in [0.2, 0.25) is 5.02 Å². The van der Waals surface area contributed by atoms with Gasteiger partial charge in [0.2, 0.25) is 0 Å². The number of rotatable bonds is 7. The van der Waals surface area contributed by atoms with E-state index >= 15 is 0 Å². The van der Waals surface area contributed by atoms with Gasteiger partial charge in [-0.1, -0.05) is 54.1 Å². The topological polar surface area (TPSA) is 109 Å². The van der Waals surface area contributed by atoms with Crippen molar-refractivity contribution < 1.29 is 19.1 Å². The number of anilines is 2. The fourth-order valence-electron chi connectivity index (χ4n) is 2.51. The molecule has 162 valence electrons. The molecule has 0 heterocycles. The molecule has 3 amide bonds. The van der Waals surface area contributed by atoms with Crippen LogP contribution in [0.5, 0.6) is 5.75 Å². The molecule has 0 unspecified atom stereocenters. The van der Waals surface area contributed by atoms with Crippen LogP contribution in [0.4, 0.5) is 11.4 Å². The molecule has 9 heteroatoms. The SMILES string of the molecule is O=C(COc1cccc(C=NNC(=O)C(=O)Nc2ccccc2Cl)c1)Nc1ccccc1. The van der Waals surface area contributed by atoms with E-state index in [0.29, 0.717) is 27.7 Å². The Hall–Kier alpha value is -4.17. The van der Waals surface area contributed by atoms with Crippen molar-refractivity contribution in [2.24, 2.45) is 5.10 Å². The Kier molecular flexibility index (Phi) is 7.94. The van der Waals surface area contributed by atoms with Crippen molar-refractivity contribution in [1.29, 1.82) is 0 Å². The van der Waals surface area contributed by atoms with Crippen molar-refractivity contribution in [2.45, 2.75) is 0 Å². The van der Waals surface area contributed by atoms with Crippen molar-refractivity contribution in [1.82, 2.24) is 5.43 Å². The lowest BCUT2D eigenvalue weighted by atomic mass is 10.2. The van der Waals surface area contributed by atoms with Gasteiger partial charge in [-0.3, -0.25) is 14.4 Å². The average molecular weight is 451 g/mol. The summed E-state index contributed by atoms with van der Waals surface area (Å²) >= 11 is 5.94. The summed E-state index contributed by atoms with van der Waals surface area (Å²) in [6.45, 7) is -0.172. The number of para-hydroxylation sites is 2. The third-order valence-electron chi connectivity index (χ3n) is 3.99. The van der Waals surface area contributed by atoms with Crippen LogP contribution < -0.4 is 20.8 Å². The van der Waals surface area contributed by atoms with Gasteiger partial charge in [0.05, 0.1) is 16.9 Å². The minimum Gasteiger partial charge on any atom is -0.484 e. The van der Waals surface area contributed by atoms with E-state index in [1.807, 2.05) is 18.2 Å². The summed E-state index contributed by atoms with van der Waals surface area (Å²) in [7, 11) is 0. The minimum atomic E-state index is -0.953. The third-order valence-corrected chi connectivity index (χ3v) is 4.32. The number of hydrazone groups is 1. The summed E-state index contributed by atoms with van der Waals surface area (Å²) in [5.74, 6) is -1.71. The van der Waals surface area contributed by atoms with Gasteiger partial charge in [0.1, 0.15) is 5.75 Å². The van der Waals surface area contributed by atoms with Gasteiger partial charge >= 0.3 is 11.8 Å². The van der Waals surface area contributed by atoms with Crippen LogP contribution >= 0.6 is 11.6 Å². The maximum Gasteiger partial charge on any atom is 0.329 e. The molecule has 0 bridgehead atoms. The van der Waals surface area contributed by atoms with Crippen molar-refractivity contribution >= 4 is 46.9 Å². The predicted molar refractivity (Wildman–Crippen MR) is 123 cm³/mol. The van der Waals surface area contributed by atoms with Crippen LogP contribution in [0.3, 0.4) is 0 Å². The lowest BCUT2D eigenvalue weighted by molar-refractivity contribution is -0.136. The van der Waals surface area contributed by atoms with Gasteiger partial charge in [-0.25, -0.2) is 5.43 Å². The van der Waals surface area contributed by atoms with E-state index in [4.69, 9.17) is 16.3 Å². The summed E-state index contributed by atoms with van der Waals surface area (Å²) in [6, 6.07) is 22.3. The zero-order valence-corrected chi connectivity index (χ0v) is 17.5. The molecule has 0 saturated carbocycles. The van der Waals surface area contributed by atoms with Gasteiger partial charge in [0, 0.05) is 5.69 Å².